The number of halogens is 3. The first-order valence-corrected chi connectivity index (χ1v) is 5.51. The SMILES string of the molecule is CC(C)C(N)C(=O)Nc1ccc(OC(F)F)cc1.Cl. The van der Waals surface area contributed by atoms with Crippen molar-refractivity contribution in [3.05, 3.63) is 24.3 Å². The van der Waals surface area contributed by atoms with E-state index in [1.165, 1.54) is 24.3 Å². The summed E-state index contributed by atoms with van der Waals surface area (Å²) in [7, 11) is 0. The molecule has 1 aromatic carbocycles. The van der Waals surface area contributed by atoms with Crippen LogP contribution in [-0.4, -0.2) is 18.6 Å². The van der Waals surface area contributed by atoms with Crippen LogP contribution in [0.4, 0.5) is 14.5 Å². The first-order chi connectivity index (χ1) is 8.40. The molecular weight excluding hydrogens is 278 g/mol. The van der Waals surface area contributed by atoms with Gasteiger partial charge in [0.25, 0.3) is 0 Å². The van der Waals surface area contributed by atoms with Gasteiger partial charge >= 0.3 is 6.61 Å². The third kappa shape index (κ3) is 5.85. The molecule has 0 aliphatic heterocycles. The number of carbonyl (C=O) groups is 1. The van der Waals surface area contributed by atoms with Crippen LogP contribution in [-0.2, 0) is 4.79 Å². The van der Waals surface area contributed by atoms with Gasteiger partial charge in [0.05, 0.1) is 6.04 Å². The fourth-order valence-corrected chi connectivity index (χ4v) is 1.25. The minimum atomic E-state index is -2.86. The summed E-state index contributed by atoms with van der Waals surface area (Å²) in [5, 5.41) is 2.60. The zero-order valence-electron chi connectivity index (χ0n) is 10.6. The molecule has 0 fully saturated rings. The Hall–Kier alpha value is -1.40. The quantitative estimate of drug-likeness (QED) is 0.877. The van der Waals surface area contributed by atoms with Crippen LogP contribution in [0.2, 0.25) is 0 Å². The zero-order chi connectivity index (χ0) is 13.7. The number of benzene rings is 1. The van der Waals surface area contributed by atoms with Crippen molar-refractivity contribution in [2.24, 2.45) is 11.7 Å². The number of hydrogen-bond acceptors (Lipinski definition) is 3. The number of ether oxygens (including phenoxy) is 1. The molecule has 1 unspecified atom stereocenters. The van der Waals surface area contributed by atoms with Crippen LogP contribution in [0.5, 0.6) is 5.75 Å². The molecule has 0 radical (unpaired) electrons. The van der Waals surface area contributed by atoms with Crippen molar-refractivity contribution >= 4 is 24.0 Å². The van der Waals surface area contributed by atoms with Gasteiger partial charge in [-0.25, -0.2) is 0 Å². The average molecular weight is 295 g/mol. The number of rotatable bonds is 5. The van der Waals surface area contributed by atoms with E-state index in [2.05, 4.69) is 10.1 Å². The molecule has 1 atom stereocenters. The Balaban J connectivity index is 0.00000324. The van der Waals surface area contributed by atoms with Crippen molar-refractivity contribution in [1.82, 2.24) is 0 Å². The molecule has 1 aromatic rings. The van der Waals surface area contributed by atoms with Gasteiger partial charge in [-0.1, -0.05) is 13.8 Å². The molecule has 1 rings (SSSR count). The van der Waals surface area contributed by atoms with Gasteiger partial charge < -0.3 is 15.8 Å². The van der Waals surface area contributed by atoms with E-state index in [1.54, 1.807) is 0 Å². The minimum Gasteiger partial charge on any atom is -0.435 e. The van der Waals surface area contributed by atoms with E-state index < -0.39 is 12.7 Å². The summed E-state index contributed by atoms with van der Waals surface area (Å²) in [5.41, 5.74) is 6.15. The first-order valence-electron chi connectivity index (χ1n) is 5.51. The van der Waals surface area contributed by atoms with E-state index in [0.717, 1.165) is 0 Å². The van der Waals surface area contributed by atoms with Crippen molar-refractivity contribution in [3.63, 3.8) is 0 Å². The van der Waals surface area contributed by atoms with Gasteiger partial charge in [0, 0.05) is 5.69 Å². The van der Waals surface area contributed by atoms with Gasteiger partial charge in [0.2, 0.25) is 5.91 Å². The molecule has 0 aliphatic rings. The Kier molecular flexibility index (Phi) is 7.33. The van der Waals surface area contributed by atoms with Gasteiger partial charge in [0.15, 0.2) is 0 Å². The summed E-state index contributed by atoms with van der Waals surface area (Å²) in [4.78, 5) is 11.6. The highest BCUT2D eigenvalue weighted by molar-refractivity contribution is 5.94. The van der Waals surface area contributed by atoms with Gasteiger partial charge in [-0.15, -0.1) is 12.4 Å². The maximum atomic E-state index is 11.9. The molecule has 108 valence electrons. The molecule has 0 saturated carbocycles. The van der Waals surface area contributed by atoms with Crippen molar-refractivity contribution in [2.75, 3.05) is 5.32 Å². The molecule has 0 aliphatic carbocycles. The normalized spacial score (nSPS) is 11.9. The van der Waals surface area contributed by atoms with Crippen LogP contribution < -0.4 is 15.8 Å². The third-order valence-electron chi connectivity index (χ3n) is 2.37. The second-order valence-corrected chi connectivity index (χ2v) is 4.16. The average Bonchev–Trinajstić information content (AvgIpc) is 2.29. The lowest BCUT2D eigenvalue weighted by atomic mass is 10.1. The van der Waals surface area contributed by atoms with Crippen molar-refractivity contribution in [1.29, 1.82) is 0 Å². The number of nitrogens with two attached hydrogens (primary N) is 1. The molecule has 0 spiro atoms. The van der Waals surface area contributed by atoms with E-state index in [1.807, 2.05) is 13.8 Å². The van der Waals surface area contributed by atoms with E-state index in [0.29, 0.717) is 5.69 Å². The predicted molar refractivity (Wildman–Crippen MR) is 71.8 cm³/mol. The number of anilines is 1. The van der Waals surface area contributed by atoms with E-state index in [-0.39, 0.29) is 30.0 Å². The standard InChI is InChI=1S/C12H16F2N2O2.ClH/c1-7(2)10(15)11(17)16-8-3-5-9(6-4-8)18-12(13)14;/h3-7,10,12H,15H2,1-2H3,(H,16,17);1H. The number of hydrogen-bond donors (Lipinski definition) is 2. The molecule has 0 heterocycles. The summed E-state index contributed by atoms with van der Waals surface area (Å²) < 4.78 is 28.0. The molecule has 0 saturated heterocycles. The topological polar surface area (TPSA) is 64.4 Å². The lowest BCUT2D eigenvalue weighted by molar-refractivity contribution is -0.118. The molecular formula is C12H17ClF2N2O2. The molecule has 19 heavy (non-hydrogen) atoms. The van der Waals surface area contributed by atoms with Gasteiger partial charge in [0.1, 0.15) is 5.75 Å². The van der Waals surface area contributed by atoms with Crippen LogP contribution >= 0.6 is 12.4 Å². The monoisotopic (exact) mass is 294 g/mol. The fraction of sp³-hybridized carbons (Fsp3) is 0.417. The first kappa shape index (κ1) is 17.6. The zero-order valence-corrected chi connectivity index (χ0v) is 11.4. The Morgan fingerprint density at radius 2 is 1.79 bits per heavy atom. The summed E-state index contributed by atoms with van der Waals surface area (Å²) in [6.07, 6.45) is 0. The summed E-state index contributed by atoms with van der Waals surface area (Å²) in [6.45, 7) is 0.813. The molecule has 7 heteroatoms. The summed E-state index contributed by atoms with van der Waals surface area (Å²) >= 11 is 0. The van der Waals surface area contributed by atoms with E-state index in [4.69, 9.17) is 5.73 Å². The predicted octanol–water partition coefficient (Wildman–Crippen LogP) is 2.63. The fourth-order valence-electron chi connectivity index (χ4n) is 1.25. The second-order valence-electron chi connectivity index (χ2n) is 4.16. The van der Waals surface area contributed by atoms with Crippen molar-refractivity contribution < 1.29 is 18.3 Å². The van der Waals surface area contributed by atoms with E-state index >= 15 is 0 Å². The molecule has 3 N–H and O–H groups in total. The molecule has 4 nitrogen and oxygen atoms in total. The summed E-state index contributed by atoms with van der Waals surface area (Å²) in [5.74, 6) is -0.255. The molecule has 0 bridgehead atoms. The highest BCUT2D eigenvalue weighted by atomic mass is 35.5. The maximum Gasteiger partial charge on any atom is 0.387 e. The molecule has 0 aromatic heterocycles. The van der Waals surface area contributed by atoms with Crippen LogP contribution in [0.3, 0.4) is 0 Å². The number of carbonyl (C=O) groups excluding carboxylic acids is 1. The Bertz CT molecular complexity index is 399. The minimum absolute atomic E-state index is 0. The third-order valence-corrected chi connectivity index (χ3v) is 2.37. The largest absolute Gasteiger partial charge is 0.435 e. The van der Waals surface area contributed by atoms with Gasteiger partial charge in [-0.05, 0) is 30.2 Å². The number of nitrogens with one attached hydrogen (secondary N) is 1. The van der Waals surface area contributed by atoms with Gasteiger partial charge in [-0.2, -0.15) is 8.78 Å². The van der Waals surface area contributed by atoms with Crippen LogP contribution in [0.25, 0.3) is 0 Å². The highest BCUT2D eigenvalue weighted by Gasteiger charge is 2.17. The van der Waals surface area contributed by atoms with Crippen molar-refractivity contribution in [3.8, 4) is 5.75 Å². The number of amides is 1. The van der Waals surface area contributed by atoms with Crippen molar-refractivity contribution in [2.45, 2.75) is 26.5 Å². The molecule has 1 amide bonds. The van der Waals surface area contributed by atoms with Gasteiger partial charge in [-0.3, -0.25) is 4.79 Å². The van der Waals surface area contributed by atoms with Crippen LogP contribution in [0.1, 0.15) is 13.8 Å². The Morgan fingerprint density at radius 3 is 2.21 bits per heavy atom. The summed E-state index contributed by atoms with van der Waals surface area (Å²) in [6, 6.07) is 5.04. The van der Waals surface area contributed by atoms with E-state index in [9.17, 15) is 13.6 Å². The number of alkyl halides is 2. The Labute approximate surface area is 116 Å². The van der Waals surface area contributed by atoms with Crippen LogP contribution in [0, 0.1) is 5.92 Å². The lowest BCUT2D eigenvalue weighted by Gasteiger charge is -2.15. The maximum absolute atomic E-state index is 11.9. The lowest BCUT2D eigenvalue weighted by Crippen LogP contribution is -2.39. The smallest absolute Gasteiger partial charge is 0.387 e. The highest BCUT2D eigenvalue weighted by Crippen LogP contribution is 2.18. The Morgan fingerprint density at radius 1 is 1.26 bits per heavy atom. The second kappa shape index (κ2) is 7.91. The van der Waals surface area contributed by atoms with Crippen LogP contribution in [0.15, 0.2) is 24.3 Å².